The summed E-state index contributed by atoms with van der Waals surface area (Å²) in [6, 6.07) is 18.7. The lowest BCUT2D eigenvalue weighted by Gasteiger charge is -2.31. The molecule has 0 spiro atoms. The molecule has 0 radical (unpaired) electrons. The van der Waals surface area contributed by atoms with Gasteiger partial charge in [0, 0.05) is 0 Å². The second kappa shape index (κ2) is 5.55. The highest BCUT2D eigenvalue weighted by molar-refractivity contribution is 5.33. The summed E-state index contributed by atoms with van der Waals surface area (Å²) in [5.74, 6) is 0. The normalized spacial score (nSPS) is 21.9. The fourth-order valence-electron chi connectivity index (χ4n) is 2.73. The number of ether oxygens (including phenoxy) is 1. The van der Waals surface area contributed by atoms with Crippen LogP contribution in [-0.4, -0.2) is 6.10 Å². The molecule has 1 aliphatic carbocycles. The molecule has 0 saturated carbocycles. The van der Waals surface area contributed by atoms with Gasteiger partial charge in [-0.1, -0.05) is 54.6 Å². The van der Waals surface area contributed by atoms with Crippen molar-refractivity contribution < 1.29 is 4.74 Å². The van der Waals surface area contributed by atoms with Crippen molar-refractivity contribution in [2.45, 2.75) is 31.6 Å². The van der Waals surface area contributed by atoms with E-state index in [2.05, 4.69) is 36.4 Å². The van der Waals surface area contributed by atoms with E-state index < -0.39 is 0 Å². The van der Waals surface area contributed by atoms with Crippen LogP contribution in [0.15, 0.2) is 54.6 Å². The summed E-state index contributed by atoms with van der Waals surface area (Å²) in [7, 11) is 0. The average molecular weight is 253 g/mol. The van der Waals surface area contributed by atoms with Crippen LogP contribution >= 0.6 is 0 Å². The Kier molecular flexibility index (Phi) is 3.62. The quantitative estimate of drug-likeness (QED) is 0.911. The number of benzene rings is 2. The van der Waals surface area contributed by atoms with Gasteiger partial charge in [-0.3, -0.25) is 0 Å². The Balaban J connectivity index is 1.68. The molecular formula is C17H19NO. The minimum atomic E-state index is -0.00587. The molecule has 0 amide bonds. The lowest BCUT2D eigenvalue weighted by atomic mass is 9.86. The average Bonchev–Trinajstić information content (AvgIpc) is 2.48. The third-order valence-electron chi connectivity index (χ3n) is 3.82. The number of nitrogens with two attached hydrogens (primary N) is 1. The first-order valence-electron chi connectivity index (χ1n) is 6.83. The van der Waals surface area contributed by atoms with E-state index >= 15 is 0 Å². The van der Waals surface area contributed by atoms with Gasteiger partial charge in [-0.15, -0.1) is 0 Å². The molecule has 2 unspecified atom stereocenters. The van der Waals surface area contributed by atoms with Crippen molar-refractivity contribution in [3.05, 3.63) is 71.3 Å². The summed E-state index contributed by atoms with van der Waals surface area (Å²) in [6.07, 6.45) is 2.18. The van der Waals surface area contributed by atoms with Gasteiger partial charge >= 0.3 is 0 Å². The van der Waals surface area contributed by atoms with Crippen molar-refractivity contribution in [1.82, 2.24) is 0 Å². The molecule has 19 heavy (non-hydrogen) atoms. The Morgan fingerprint density at radius 2 is 1.74 bits per heavy atom. The zero-order valence-corrected chi connectivity index (χ0v) is 11.0. The maximum Gasteiger partial charge on any atom is 0.0775 e. The maximum atomic E-state index is 6.33. The lowest BCUT2D eigenvalue weighted by Crippen LogP contribution is -2.33. The van der Waals surface area contributed by atoms with Crippen molar-refractivity contribution in [3.63, 3.8) is 0 Å². The third-order valence-corrected chi connectivity index (χ3v) is 3.82. The van der Waals surface area contributed by atoms with Crippen LogP contribution in [0.5, 0.6) is 0 Å². The first-order chi connectivity index (χ1) is 9.34. The molecule has 0 fully saturated rings. The van der Waals surface area contributed by atoms with Crippen molar-refractivity contribution in [1.29, 1.82) is 0 Å². The predicted molar refractivity (Wildman–Crippen MR) is 76.7 cm³/mol. The van der Waals surface area contributed by atoms with Crippen molar-refractivity contribution in [2.75, 3.05) is 0 Å². The van der Waals surface area contributed by atoms with Crippen molar-refractivity contribution in [2.24, 2.45) is 5.73 Å². The van der Waals surface area contributed by atoms with Crippen LogP contribution in [0.2, 0.25) is 0 Å². The van der Waals surface area contributed by atoms with Crippen LogP contribution in [0.1, 0.15) is 29.2 Å². The van der Waals surface area contributed by atoms with Gasteiger partial charge in [0.25, 0.3) is 0 Å². The standard InChI is InChI=1S/C17H19NO/c18-17-15-9-5-4-8-14(15)10-11-16(17)19-12-13-6-2-1-3-7-13/h1-9,16-17H,10-12,18H2. The summed E-state index contributed by atoms with van der Waals surface area (Å²) < 4.78 is 6.01. The summed E-state index contributed by atoms with van der Waals surface area (Å²) in [5, 5.41) is 0. The van der Waals surface area contributed by atoms with Crippen LogP contribution < -0.4 is 5.73 Å². The van der Waals surface area contributed by atoms with Crippen LogP contribution in [-0.2, 0) is 17.8 Å². The molecular weight excluding hydrogens is 234 g/mol. The van der Waals surface area contributed by atoms with Gasteiger partial charge in [0.15, 0.2) is 0 Å². The molecule has 2 nitrogen and oxygen atoms in total. The van der Waals surface area contributed by atoms with Crippen LogP contribution in [0.25, 0.3) is 0 Å². The van der Waals surface area contributed by atoms with E-state index in [0.29, 0.717) is 6.61 Å². The van der Waals surface area contributed by atoms with E-state index in [0.717, 1.165) is 12.8 Å². The largest absolute Gasteiger partial charge is 0.372 e. The molecule has 2 heteroatoms. The Hall–Kier alpha value is -1.64. The highest BCUT2D eigenvalue weighted by atomic mass is 16.5. The van der Waals surface area contributed by atoms with Crippen LogP contribution in [0, 0.1) is 0 Å². The van der Waals surface area contributed by atoms with E-state index in [4.69, 9.17) is 10.5 Å². The molecule has 0 saturated heterocycles. The van der Waals surface area contributed by atoms with E-state index in [-0.39, 0.29) is 12.1 Å². The summed E-state index contributed by atoms with van der Waals surface area (Å²) in [5.41, 5.74) is 10.1. The number of hydrogen-bond acceptors (Lipinski definition) is 2. The Morgan fingerprint density at radius 1 is 1.00 bits per heavy atom. The number of rotatable bonds is 3. The molecule has 0 bridgehead atoms. The van der Waals surface area contributed by atoms with E-state index in [1.165, 1.54) is 16.7 Å². The van der Waals surface area contributed by atoms with Gasteiger partial charge in [-0.25, -0.2) is 0 Å². The highest BCUT2D eigenvalue weighted by Gasteiger charge is 2.26. The molecule has 0 heterocycles. The van der Waals surface area contributed by atoms with Gasteiger partial charge in [-0.2, -0.15) is 0 Å². The number of fused-ring (bicyclic) bond motifs is 1. The zero-order valence-electron chi connectivity index (χ0n) is 11.0. The second-order valence-electron chi connectivity index (χ2n) is 5.10. The topological polar surface area (TPSA) is 35.2 Å². The van der Waals surface area contributed by atoms with Crippen LogP contribution in [0.3, 0.4) is 0 Å². The first-order valence-corrected chi connectivity index (χ1v) is 6.83. The van der Waals surface area contributed by atoms with Gasteiger partial charge in [0.1, 0.15) is 0 Å². The van der Waals surface area contributed by atoms with Gasteiger partial charge < -0.3 is 10.5 Å². The Morgan fingerprint density at radius 3 is 2.58 bits per heavy atom. The maximum absolute atomic E-state index is 6.33. The van der Waals surface area contributed by atoms with Crippen LogP contribution in [0.4, 0.5) is 0 Å². The summed E-state index contributed by atoms with van der Waals surface area (Å²) in [4.78, 5) is 0. The predicted octanol–water partition coefficient (Wildman–Crippen LogP) is 3.22. The smallest absolute Gasteiger partial charge is 0.0775 e. The Labute approximate surface area is 114 Å². The van der Waals surface area contributed by atoms with Gasteiger partial charge in [-0.05, 0) is 29.5 Å². The fourth-order valence-corrected chi connectivity index (χ4v) is 2.73. The lowest BCUT2D eigenvalue weighted by molar-refractivity contribution is 0.0135. The van der Waals surface area contributed by atoms with E-state index in [1.807, 2.05) is 18.2 Å². The molecule has 3 rings (SSSR count). The SMILES string of the molecule is NC1c2ccccc2CCC1OCc1ccccc1. The minimum absolute atomic E-state index is 0.00587. The molecule has 98 valence electrons. The van der Waals surface area contributed by atoms with Crippen molar-refractivity contribution >= 4 is 0 Å². The fraction of sp³-hybridized carbons (Fsp3) is 0.294. The summed E-state index contributed by atoms with van der Waals surface area (Å²) in [6.45, 7) is 0.640. The molecule has 2 aromatic carbocycles. The highest BCUT2D eigenvalue weighted by Crippen LogP contribution is 2.30. The van der Waals surface area contributed by atoms with Gasteiger partial charge in [0.2, 0.25) is 0 Å². The van der Waals surface area contributed by atoms with E-state index in [9.17, 15) is 0 Å². The molecule has 0 aliphatic heterocycles. The first kappa shape index (κ1) is 12.4. The van der Waals surface area contributed by atoms with E-state index in [1.54, 1.807) is 0 Å². The molecule has 2 N–H and O–H groups in total. The third kappa shape index (κ3) is 2.70. The monoisotopic (exact) mass is 253 g/mol. The number of hydrogen-bond donors (Lipinski definition) is 1. The number of aryl methyl sites for hydroxylation is 1. The molecule has 2 atom stereocenters. The zero-order chi connectivity index (χ0) is 13.1. The second-order valence-corrected chi connectivity index (χ2v) is 5.10. The van der Waals surface area contributed by atoms with Gasteiger partial charge in [0.05, 0.1) is 18.8 Å². The molecule has 0 aromatic heterocycles. The Bertz CT molecular complexity index is 538. The van der Waals surface area contributed by atoms with Crippen molar-refractivity contribution in [3.8, 4) is 0 Å². The minimum Gasteiger partial charge on any atom is -0.372 e. The molecule has 1 aliphatic rings. The summed E-state index contributed by atoms with van der Waals surface area (Å²) >= 11 is 0. The molecule has 2 aromatic rings.